The Kier molecular flexibility index (Phi) is 3.94. The van der Waals surface area contributed by atoms with Crippen LogP contribution in [0.15, 0.2) is 35.1 Å². The molecule has 2 rings (SSSR count). The lowest BCUT2D eigenvalue weighted by Crippen LogP contribution is -2.29. The van der Waals surface area contributed by atoms with Gasteiger partial charge in [-0.05, 0) is 12.1 Å². The molecule has 7 nitrogen and oxygen atoms in total. The number of carboxylic acids is 1. The van der Waals surface area contributed by atoms with Crippen molar-refractivity contribution in [2.45, 2.75) is 6.54 Å². The third kappa shape index (κ3) is 3.10. The van der Waals surface area contributed by atoms with Crippen LogP contribution in [0.5, 0.6) is 0 Å². The molecule has 1 aromatic carbocycles. The van der Waals surface area contributed by atoms with Gasteiger partial charge in [0.05, 0.1) is 12.2 Å². The van der Waals surface area contributed by atoms with Crippen LogP contribution in [-0.4, -0.2) is 22.3 Å². The van der Waals surface area contributed by atoms with Gasteiger partial charge >= 0.3 is 12.0 Å². The Morgan fingerprint density at radius 1 is 1.35 bits per heavy atom. The molecule has 1 aromatic heterocycles. The Labute approximate surface area is 112 Å². The summed E-state index contributed by atoms with van der Waals surface area (Å²) in [4.78, 5) is 22.5. The van der Waals surface area contributed by atoms with Crippen molar-refractivity contribution in [2.24, 2.45) is 0 Å². The van der Waals surface area contributed by atoms with Crippen molar-refractivity contribution < 1.29 is 23.6 Å². The third-order valence-electron chi connectivity index (χ3n) is 2.40. The summed E-state index contributed by atoms with van der Waals surface area (Å²) < 4.78 is 18.0. The number of carboxylic acid groups (broad SMARTS) is 1. The van der Waals surface area contributed by atoms with E-state index in [1.54, 1.807) is 6.07 Å². The van der Waals surface area contributed by atoms with E-state index in [4.69, 9.17) is 5.11 Å². The Balaban J connectivity index is 2.04. The molecule has 0 radical (unpaired) electrons. The number of nitrogens with zero attached hydrogens (tertiary/aromatic N) is 1. The van der Waals surface area contributed by atoms with Crippen molar-refractivity contribution in [1.29, 1.82) is 0 Å². The summed E-state index contributed by atoms with van der Waals surface area (Å²) >= 11 is 0. The van der Waals surface area contributed by atoms with Crippen LogP contribution in [0, 0.1) is 5.82 Å². The van der Waals surface area contributed by atoms with Gasteiger partial charge in [-0.3, -0.25) is 0 Å². The number of rotatable bonds is 4. The first-order valence-electron chi connectivity index (χ1n) is 5.54. The van der Waals surface area contributed by atoms with Gasteiger partial charge in [0.15, 0.2) is 0 Å². The lowest BCUT2D eigenvalue weighted by Gasteiger charge is -2.09. The second kappa shape index (κ2) is 5.83. The van der Waals surface area contributed by atoms with Crippen LogP contribution in [0.2, 0.25) is 0 Å². The molecule has 0 bridgehead atoms. The Bertz CT molecular complexity index is 628. The monoisotopic (exact) mass is 279 g/mol. The molecule has 0 aliphatic rings. The number of hydrogen-bond acceptors (Lipinski definition) is 4. The molecule has 2 aromatic rings. The zero-order valence-corrected chi connectivity index (χ0v) is 10.1. The van der Waals surface area contributed by atoms with Gasteiger partial charge in [-0.15, -0.1) is 0 Å². The van der Waals surface area contributed by atoms with E-state index in [-0.39, 0.29) is 12.2 Å². The van der Waals surface area contributed by atoms with Gasteiger partial charge < -0.3 is 20.3 Å². The summed E-state index contributed by atoms with van der Waals surface area (Å²) in [6.07, 6.45) is 1.35. The zero-order chi connectivity index (χ0) is 14.5. The number of aromatic nitrogens is 1. The molecular formula is C12H10FN3O4. The highest BCUT2D eigenvalue weighted by molar-refractivity contribution is 6.00. The largest absolute Gasteiger partial charge is 0.478 e. The number of anilines is 1. The normalized spacial score (nSPS) is 10.1. The smallest absolute Gasteiger partial charge is 0.340 e. The molecule has 2 amide bonds. The number of amides is 2. The highest BCUT2D eigenvalue weighted by atomic mass is 19.1. The summed E-state index contributed by atoms with van der Waals surface area (Å²) in [7, 11) is 0. The molecule has 0 aliphatic carbocycles. The molecule has 0 spiro atoms. The van der Waals surface area contributed by atoms with E-state index in [0.29, 0.717) is 5.69 Å². The van der Waals surface area contributed by atoms with Crippen molar-refractivity contribution >= 4 is 17.7 Å². The first kappa shape index (κ1) is 13.5. The molecule has 0 saturated heterocycles. The average molecular weight is 279 g/mol. The number of hydrogen-bond donors (Lipinski definition) is 3. The molecule has 1 heterocycles. The quantitative estimate of drug-likeness (QED) is 0.792. The molecule has 3 N–H and O–H groups in total. The second-order valence-corrected chi connectivity index (χ2v) is 3.77. The minimum absolute atomic E-state index is 0.0973. The predicted octanol–water partition coefficient (Wildman–Crippen LogP) is 1.83. The minimum atomic E-state index is -1.46. The van der Waals surface area contributed by atoms with Crippen molar-refractivity contribution in [3.05, 3.63) is 47.6 Å². The fraction of sp³-hybridized carbons (Fsp3) is 0.0833. The topological polar surface area (TPSA) is 104 Å². The van der Waals surface area contributed by atoms with E-state index in [9.17, 15) is 14.0 Å². The SMILES string of the molecule is O=C(NCc1ccon1)Nc1cccc(F)c1C(=O)O. The maximum absolute atomic E-state index is 13.4. The summed E-state index contributed by atoms with van der Waals surface area (Å²) in [6.45, 7) is 0.0973. The van der Waals surface area contributed by atoms with E-state index in [0.717, 1.165) is 6.07 Å². The zero-order valence-electron chi connectivity index (χ0n) is 10.1. The first-order chi connectivity index (χ1) is 9.58. The lowest BCUT2D eigenvalue weighted by atomic mass is 10.1. The molecule has 8 heteroatoms. The number of carbonyl (C=O) groups excluding carboxylic acids is 1. The maximum atomic E-state index is 13.4. The van der Waals surface area contributed by atoms with Gasteiger partial charge in [0.2, 0.25) is 0 Å². The molecule has 0 unspecified atom stereocenters. The van der Waals surface area contributed by atoms with E-state index < -0.39 is 23.4 Å². The fourth-order valence-corrected chi connectivity index (χ4v) is 1.51. The molecular weight excluding hydrogens is 269 g/mol. The maximum Gasteiger partial charge on any atom is 0.340 e. The van der Waals surface area contributed by atoms with Crippen molar-refractivity contribution in [3.8, 4) is 0 Å². The summed E-state index contributed by atoms with van der Waals surface area (Å²) in [6, 6.07) is 4.48. The number of urea groups is 1. The number of carbonyl (C=O) groups is 2. The number of nitrogens with one attached hydrogen (secondary N) is 2. The van der Waals surface area contributed by atoms with Gasteiger partial charge in [0, 0.05) is 6.07 Å². The van der Waals surface area contributed by atoms with Crippen LogP contribution < -0.4 is 10.6 Å². The number of aromatic carboxylic acids is 1. The third-order valence-corrected chi connectivity index (χ3v) is 2.40. The number of halogens is 1. The van der Waals surface area contributed by atoms with Crippen LogP contribution in [0.1, 0.15) is 16.1 Å². The molecule has 0 aliphatic heterocycles. The summed E-state index contributed by atoms with van der Waals surface area (Å²) in [5.41, 5.74) is -0.225. The molecule has 104 valence electrons. The highest BCUT2D eigenvalue weighted by Gasteiger charge is 2.17. The van der Waals surface area contributed by atoms with Gasteiger partial charge in [-0.2, -0.15) is 0 Å². The van der Waals surface area contributed by atoms with Crippen molar-refractivity contribution in [2.75, 3.05) is 5.32 Å². The fourth-order valence-electron chi connectivity index (χ4n) is 1.51. The Morgan fingerprint density at radius 3 is 2.80 bits per heavy atom. The van der Waals surface area contributed by atoms with Crippen LogP contribution in [0.4, 0.5) is 14.9 Å². The van der Waals surface area contributed by atoms with E-state index >= 15 is 0 Å². The van der Waals surface area contributed by atoms with E-state index in [1.165, 1.54) is 18.4 Å². The van der Waals surface area contributed by atoms with Crippen LogP contribution in [-0.2, 0) is 6.54 Å². The van der Waals surface area contributed by atoms with Crippen molar-refractivity contribution in [3.63, 3.8) is 0 Å². The highest BCUT2D eigenvalue weighted by Crippen LogP contribution is 2.18. The molecule has 0 fully saturated rings. The minimum Gasteiger partial charge on any atom is -0.478 e. The lowest BCUT2D eigenvalue weighted by molar-refractivity contribution is 0.0693. The van der Waals surface area contributed by atoms with Crippen LogP contribution in [0.25, 0.3) is 0 Å². The van der Waals surface area contributed by atoms with Gasteiger partial charge in [-0.1, -0.05) is 11.2 Å². The Hall–Kier alpha value is -2.90. The predicted molar refractivity (Wildman–Crippen MR) is 65.7 cm³/mol. The van der Waals surface area contributed by atoms with Crippen LogP contribution >= 0.6 is 0 Å². The standard InChI is InChI=1S/C12H10FN3O4/c13-8-2-1-3-9(10(8)11(17)18)15-12(19)14-6-7-4-5-20-16-7/h1-5H,6H2,(H,17,18)(H2,14,15,19). The average Bonchev–Trinajstić information content (AvgIpc) is 2.89. The first-order valence-corrected chi connectivity index (χ1v) is 5.54. The molecule has 20 heavy (non-hydrogen) atoms. The van der Waals surface area contributed by atoms with Gasteiger partial charge in [0.25, 0.3) is 0 Å². The van der Waals surface area contributed by atoms with Gasteiger partial charge in [-0.25, -0.2) is 14.0 Å². The van der Waals surface area contributed by atoms with Crippen LogP contribution in [0.3, 0.4) is 0 Å². The molecule has 0 atom stereocenters. The summed E-state index contributed by atoms with van der Waals surface area (Å²) in [5.74, 6) is -2.39. The van der Waals surface area contributed by atoms with E-state index in [2.05, 4.69) is 20.3 Å². The van der Waals surface area contributed by atoms with Crippen molar-refractivity contribution in [1.82, 2.24) is 10.5 Å². The molecule has 0 saturated carbocycles. The Morgan fingerprint density at radius 2 is 2.15 bits per heavy atom. The van der Waals surface area contributed by atoms with Gasteiger partial charge in [0.1, 0.15) is 23.3 Å². The van der Waals surface area contributed by atoms with E-state index in [1.807, 2.05) is 0 Å². The number of benzene rings is 1. The summed E-state index contributed by atoms with van der Waals surface area (Å²) in [5, 5.41) is 17.2. The second-order valence-electron chi connectivity index (χ2n) is 3.77.